The van der Waals surface area contributed by atoms with E-state index in [1.54, 1.807) is 7.11 Å². The number of methoxy groups -OCH3 is 1. The Bertz CT molecular complexity index is 975. The molecule has 0 aromatic heterocycles. The second-order valence-electron chi connectivity index (χ2n) is 6.85. The first kappa shape index (κ1) is 21.0. The third-order valence-electron chi connectivity index (χ3n) is 4.85. The van der Waals surface area contributed by atoms with Crippen molar-refractivity contribution in [2.75, 3.05) is 38.5 Å². The van der Waals surface area contributed by atoms with E-state index in [1.807, 2.05) is 97.9 Å². The zero-order valence-electron chi connectivity index (χ0n) is 17.2. The molecule has 0 bridgehead atoms. The maximum absolute atomic E-state index is 14.3. The average molecular weight is 410 g/mol. The molecule has 0 fully saturated rings. The van der Waals surface area contributed by atoms with Crippen molar-refractivity contribution < 1.29 is 13.8 Å². The molecule has 3 aromatic carbocycles. The minimum atomic E-state index is -3.35. The van der Waals surface area contributed by atoms with Gasteiger partial charge in [0.2, 0.25) is 0 Å². The van der Waals surface area contributed by atoms with Crippen LogP contribution in [-0.4, -0.2) is 28.3 Å². The lowest BCUT2D eigenvalue weighted by Gasteiger charge is -2.30. The molecule has 152 valence electrons. The number of ether oxygens (including phenoxy) is 1. The third kappa shape index (κ3) is 4.47. The minimum absolute atomic E-state index is 0.615. The fourth-order valence-electron chi connectivity index (χ4n) is 3.25. The summed E-state index contributed by atoms with van der Waals surface area (Å²) < 4.78 is 25.6. The summed E-state index contributed by atoms with van der Waals surface area (Å²) in [4.78, 5) is 2.00. The van der Waals surface area contributed by atoms with Crippen molar-refractivity contribution in [2.45, 2.75) is 5.78 Å². The van der Waals surface area contributed by atoms with Crippen molar-refractivity contribution in [3.8, 4) is 5.75 Å². The highest BCUT2D eigenvalue weighted by Gasteiger charge is 2.38. The molecule has 0 saturated heterocycles. The molecule has 0 spiro atoms. The third-order valence-corrected chi connectivity index (χ3v) is 7.50. The molecular formula is C23H27N2O3P. The highest BCUT2D eigenvalue weighted by atomic mass is 31.2. The molecule has 3 aromatic rings. The molecule has 0 heterocycles. The molecule has 0 aliphatic carbocycles. The maximum atomic E-state index is 14.3. The summed E-state index contributed by atoms with van der Waals surface area (Å²) in [6.07, 6.45) is 0. The Morgan fingerprint density at radius 3 is 2.07 bits per heavy atom. The van der Waals surface area contributed by atoms with Gasteiger partial charge in [-0.1, -0.05) is 36.4 Å². The van der Waals surface area contributed by atoms with Gasteiger partial charge >= 0.3 is 0 Å². The first-order valence-corrected chi connectivity index (χ1v) is 11.1. The quantitative estimate of drug-likeness (QED) is 0.522. The first-order valence-electron chi connectivity index (χ1n) is 9.37. The van der Waals surface area contributed by atoms with Gasteiger partial charge in [0, 0.05) is 43.4 Å². The normalized spacial score (nSPS) is 13.9. The van der Waals surface area contributed by atoms with Crippen molar-refractivity contribution in [3.63, 3.8) is 0 Å². The van der Waals surface area contributed by atoms with Crippen molar-refractivity contribution in [1.82, 2.24) is 0 Å². The number of para-hydroxylation sites is 2. The van der Waals surface area contributed by atoms with E-state index in [9.17, 15) is 4.57 Å². The lowest BCUT2D eigenvalue weighted by atomic mass is 10.2. The smallest absolute Gasteiger partial charge is 0.257 e. The monoisotopic (exact) mass is 410 g/mol. The molecule has 0 saturated carbocycles. The first-order chi connectivity index (χ1) is 14.0. The summed E-state index contributed by atoms with van der Waals surface area (Å²) >= 11 is 0. The van der Waals surface area contributed by atoms with Crippen LogP contribution in [0.4, 0.5) is 11.4 Å². The number of hydrogen-bond donors (Lipinski definition) is 1. The van der Waals surface area contributed by atoms with Gasteiger partial charge in [-0.3, -0.25) is 4.57 Å². The molecule has 3 rings (SSSR count). The van der Waals surface area contributed by atoms with E-state index in [4.69, 9.17) is 9.26 Å². The lowest BCUT2D eigenvalue weighted by Crippen LogP contribution is -2.20. The molecule has 0 aliphatic heterocycles. The number of nitrogens with one attached hydrogen (secondary N) is 1. The van der Waals surface area contributed by atoms with Crippen LogP contribution in [0.3, 0.4) is 0 Å². The van der Waals surface area contributed by atoms with E-state index in [0.29, 0.717) is 11.1 Å². The molecule has 1 N–H and O–H groups in total. The van der Waals surface area contributed by atoms with Crippen molar-refractivity contribution >= 4 is 24.0 Å². The fourth-order valence-corrected chi connectivity index (χ4v) is 5.43. The van der Waals surface area contributed by atoms with Gasteiger partial charge in [0.25, 0.3) is 7.37 Å². The predicted molar refractivity (Wildman–Crippen MR) is 121 cm³/mol. The summed E-state index contributed by atoms with van der Waals surface area (Å²) in [5.74, 6) is 0.0411. The molecule has 6 heteroatoms. The summed E-state index contributed by atoms with van der Waals surface area (Å²) in [7, 11) is 3.70. The maximum Gasteiger partial charge on any atom is 0.257 e. The van der Waals surface area contributed by atoms with Gasteiger partial charge < -0.3 is 19.5 Å². The fraction of sp³-hybridized carbons (Fsp3) is 0.217. The van der Waals surface area contributed by atoms with Crippen LogP contribution in [0.15, 0.2) is 78.9 Å². The Labute approximate surface area is 172 Å². The molecule has 29 heavy (non-hydrogen) atoms. The predicted octanol–water partition coefficient (Wildman–Crippen LogP) is 5.12. The van der Waals surface area contributed by atoms with Crippen LogP contribution < -0.4 is 20.3 Å². The Morgan fingerprint density at radius 2 is 1.48 bits per heavy atom. The Kier molecular flexibility index (Phi) is 6.63. The summed E-state index contributed by atoms with van der Waals surface area (Å²) in [6.45, 7) is 0. The van der Waals surface area contributed by atoms with Crippen LogP contribution in [0.25, 0.3) is 0 Å². The summed E-state index contributed by atoms with van der Waals surface area (Å²) in [5.41, 5.74) is 2.66. The lowest BCUT2D eigenvalue weighted by molar-refractivity contribution is 0.389. The van der Waals surface area contributed by atoms with Crippen LogP contribution in [0, 0.1) is 0 Å². The van der Waals surface area contributed by atoms with Gasteiger partial charge in [0.05, 0.1) is 7.11 Å². The average Bonchev–Trinajstić information content (AvgIpc) is 2.77. The van der Waals surface area contributed by atoms with Crippen LogP contribution in [-0.2, 0) is 9.09 Å². The van der Waals surface area contributed by atoms with Crippen LogP contribution >= 0.6 is 7.37 Å². The second-order valence-corrected chi connectivity index (χ2v) is 9.44. The van der Waals surface area contributed by atoms with Gasteiger partial charge in [-0.05, 0) is 42.5 Å². The van der Waals surface area contributed by atoms with Crippen LogP contribution in [0.1, 0.15) is 11.3 Å². The largest absolute Gasteiger partial charge is 0.496 e. The Balaban J connectivity index is 2.12. The van der Waals surface area contributed by atoms with Gasteiger partial charge in [-0.2, -0.15) is 0 Å². The van der Waals surface area contributed by atoms with Gasteiger partial charge in [-0.15, -0.1) is 0 Å². The number of hydrogen-bond acceptors (Lipinski definition) is 5. The molecular weight excluding hydrogens is 383 g/mol. The van der Waals surface area contributed by atoms with Gasteiger partial charge in [-0.25, -0.2) is 0 Å². The Morgan fingerprint density at radius 1 is 0.862 bits per heavy atom. The van der Waals surface area contributed by atoms with E-state index < -0.39 is 13.2 Å². The molecule has 2 atom stereocenters. The van der Waals surface area contributed by atoms with E-state index in [-0.39, 0.29) is 0 Å². The molecule has 0 amide bonds. The van der Waals surface area contributed by atoms with E-state index in [1.165, 1.54) is 7.11 Å². The Hall–Kier alpha value is -2.75. The number of anilines is 2. The standard InChI is InChI=1S/C23H27N2O3P/c1-25(2)19-14-16-20(17-15-19)29(26,28-4)23(24-18-10-6-5-7-11-18)21-12-8-9-13-22(21)27-3/h5-17,23-24H,1-4H3/t23-,29+/m0/s1. The zero-order chi connectivity index (χ0) is 20.9. The van der Waals surface area contributed by atoms with Crippen molar-refractivity contribution in [2.24, 2.45) is 0 Å². The van der Waals surface area contributed by atoms with Crippen molar-refractivity contribution in [3.05, 3.63) is 84.4 Å². The second kappa shape index (κ2) is 9.17. The summed E-state index contributed by atoms with van der Waals surface area (Å²) in [6, 6.07) is 24.9. The van der Waals surface area contributed by atoms with Gasteiger partial charge in [0.1, 0.15) is 11.5 Å². The van der Waals surface area contributed by atoms with Gasteiger partial charge in [0.15, 0.2) is 0 Å². The topological polar surface area (TPSA) is 50.8 Å². The number of rotatable bonds is 8. The molecule has 0 radical (unpaired) electrons. The molecule has 0 aliphatic rings. The van der Waals surface area contributed by atoms with E-state index >= 15 is 0 Å². The van der Waals surface area contributed by atoms with Crippen LogP contribution in [0.5, 0.6) is 5.75 Å². The SMILES string of the molecule is COc1ccccc1[C@@H](Nc1ccccc1)[P@](=O)(OC)c1ccc(N(C)C)cc1. The molecule has 0 unspecified atom stereocenters. The zero-order valence-corrected chi connectivity index (χ0v) is 18.1. The number of nitrogens with zero attached hydrogens (tertiary/aromatic N) is 1. The summed E-state index contributed by atoms with van der Waals surface area (Å²) in [5, 5.41) is 4.06. The van der Waals surface area contributed by atoms with E-state index in [2.05, 4.69) is 5.32 Å². The van der Waals surface area contributed by atoms with E-state index in [0.717, 1.165) is 16.9 Å². The minimum Gasteiger partial charge on any atom is -0.496 e. The molecule has 5 nitrogen and oxygen atoms in total. The highest BCUT2D eigenvalue weighted by Crippen LogP contribution is 2.59. The highest BCUT2D eigenvalue weighted by molar-refractivity contribution is 7.67. The number of benzene rings is 3. The van der Waals surface area contributed by atoms with Crippen molar-refractivity contribution in [1.29, 1.82) is 0 Å². The van der Waals surface area contributed by atoms with Crippen LogP contribution in [0.2, 0.25) is 0 Å².